The van der Waals surface area contributed by atoms with Crippen molar-refractivity contribution >= 4 is 0 Å². The lowest BCUT2D eigenvalue weighted by molar-refractivity contribution is 0.263. The van der Waals surface area contributed by atoms with E-state index in [1.165, 1.54) is 0 Å². The Kier molecular flexibility index (Phi) is 4.20. The van der Waals surface area contributed by atoms with Crippen LogP contribution >= 0.6 is 0 Å². The lowest BCUT2D eigenvalue weighted by atomic mass is 9.90. The lowest BCUT2D eigenvalue weighted by Crippen LogP contribution is -2.00. The summed E-state index contributed by atoms with van der Waals surface area (Å²) in [4.78, 5) is 0. The maximum Gasteiger partial charge on any atom is 0.126 e. The molecule has 0 saturated heterocycles. The Hall–Kier alpha value is -1.84. The molecule has 0 aliphatic heterocycles. The highest BCUT2D eigenvalue weighted by Gasteiger charge is 2.14. The van der Waals surface area contributed by atoms with Crippen LogP contribution in [0.2, 0.25) is 0 Å². The third-order valence-corrected chi connectivity index (χ3v) is 3.43. The zero-order valence-electron chi connectivity index (χ0n) is 10.9. The number of aliphatic hydroxyl groups excluding tert-OH is 2. The number of hydrogen-bond acceptors (Lipinski definition) is 3. The zero-order chi connectivity index (χ0) is 13.8. The first kappa shape index (κ1) is 13.6. The molecule has 100 valence electrons. The first-order chi connectivity index (χ1) is 9.17. The van der Waals surface area contributed by atoms with Crippen LogP contribution in [0.5, 0.6) is 5.75 Å². The lowest BCUT2D eigenvalue weighted by Gasteiger charge is -2.16. The van der Waals surface area contributed by atoms with Crippen LogP contribution < -0.4 is 0 Å². The number of aliphatic hydroxyl groups is 2. The van der Waals surface area contributed by atoms with Crippen LogP contribution in [-0.4, -0.2) is 15.3 Å². The minimum Gasteiger partial charge on any atom is -0.507 e. The van der Waals surface area contributed by atoms with Crippen LogP contribution in [0.15, 0.2) is 42.5 Å². The van der Waals surface area contributed by atoms with Crippen LogP contribution in [0.25, 0.3) is 0 Å². The molecule has 0 fully saturated rings. The van der Waals surface area contributed by atoms with Crippen LogP contribution in [0, 0.1) is 0 Å². The Bertz CT molecular complexity index is 524. The van der Waals surface area contributed by atoms with E-state index in [0.717, 1.165) is 11.1 Å². The molecule has 19 heavy (non-hydrogen) atoms. The van der Waals surface area contributed by atoms with E-state index in [2.05, 4.69) is 6.92 Å². The average Bonchev–Trinajstić information content (AvgIpc) is 2.47. The van der Waals surface area contributed by atoms with Gasteiger partial charge in [0, 0.05) is 17.0 Å². The predicted molar refractivity (Wildman–Crippen MR) is 73.9 cm³/mol. The molecule has 0 amide bonds. The van der Waals surface area contributed by atoms with Gasteiger partial charge in [0.2, 0.25) is 0 Å². The Morgan fingerprint density at radius 2 is 1.42 bits per heavy atom. The summed E-state index contributed by atoms with van der Waals surface area (Å²) in [5.41, 5.74) is 3.02. The molecule has 2 aromatic rings. The fraction of sp³-hybridized carbons (Fsp3) is 0.250. The first-order valence-electron chi connectivity index (χ1n) is 6.28. The smallest absolute Gasteiger partial charge is 0.126 e. The van der Waals surface area contributed by atoms with E-state index >= 15 is 0 Å². The van der Waals surface area contributed by atoms with Crippen molar-refractivity contribution in [2.24, 2.45) is 0 Å². The summed E-state index contributed by atoms with van der Waals surface area (Å²) in [7, 11) is 0. The minimum atomic E-state index is -0.242. The third kappa shape index (κ3) is 2.78. The predicted octanol–water partition coefficient (Wildman–Crippen LogP) is 2.53. The number of hydrogen-bond donors (Lipinski definition) is 3. The second-order valence-electron chi connectivity index (χ2n) is 4.64. The summed E-state index contributed by atoms with van der Waals surface area (Å²) in [5, 5.41) is 28.4. The van der Waals surface area contributed by atoms with Gasteiger partial charge in [0.05, 0.1) is 13.2 Å². The molecule has 0 aliphatic rings. The summed E-state index contributed by atoms with van der Waals surface area (Å²) in [5.74, 6) is 0.117. The SMILES string of the molecule is CC(c1ccccc1)c1cc(CO)c(O)c(CO)c1. The first-order valence-corrected chi connectivity index (χ1v) is 6.28. The summed E-state index contributed by atoms with van der Waals surface area (Å²) in [6.45, 7) is 1.58. The molecule has 0 bridgehead atoms. The molecule has 0 heterocycles. The summed E-state index contributed by atoms with van der Waals surface area (Å²) in [6, 6.07) is 13.6. The molecule has 2 rings (SSSR count). The molecule has 3 heteroatoms. The Labute approximate surface area is 112 Å². The van der Waals surface area contributed by atoms with Gasteiger partial charge in [-0.15, -0.1) is 0 Å². The van der Waals surface area contributed by atoms with E-state index in [9.17, 15) is 15.3 Å². The van der Waals surface area contributed by atoms with Gasteiger partial charge >= 0.3 is 0 Å². The second kappa shape index (κ2) is 5.87. The maximum atomic E-state index is 9.85. The molecule has 3 N–H and O–H groups in total. The van der Waals surface area contributed by atoms with Crippen molar-refractivity contribution in [1.29, 1.82) is 0 Å². The second-order valence-corrected chi connectivity index (χ2v) is 4.64. The monoisotopic (exact) mass is 258 g/mol. The van der Waals surface area contributed by atoms with Crippen LogP contribution in [0.4, 0.5) is 0 Å². The van der Waals surface area contributed by atoms with Gasteiger partial charge in [-0.25, -0.2) is 0 Å². The van der Waals surface area contributed by atoms with Crippen molar-refractivity contribution in [2.45, 2.75) is 26.1 Å². The van der Waals surface area contributed by atoms with Crippen LogP contribution in [-0.2, 0) is 13.2 Å². The highest BCUT2D eigenvalue weighted by atomic mass is 16.3. The standard InChI is InChI=1S/C16H18O3/c1-11(12-5-3-2-4-6-12)13-7-14(9-17)16(19)15(8-13)10-18/h2-8,11,17-19H,9-10H2,1H3. The van der Waals surface area contributed by atoms with Gasteiger partial charge in [0.1, 0.15) is 5.75 Å². The van der Waals surface area contributed by atoms with Gasteiger partial charge < -0.3 is 15.3 Å². The van der Waals surface area contributed by atoms with Crippen molar-refractivity contribution in [3.05, 3.63) is 64.7 Å². The number of phenols is 1. The topological polar surface area (TPSA) is 60.7 Å². The van der Waals surface area contributed by atoms with E-state index in [1.807, 2.05) is 30.3 Å². The quantitative estimate of drug-likeness (QED) is 0.789. The van der Waals surface area contributed by atoms with Crippen molar-refractivity contribution in [2.75, 3.05) is 0 Å². The highest BCUT2D eigenvalue weighted by molar-refractivity contribution is 5.46. The molecule has 0 aromatic heterocycles. The molecule has 0 spiro atoms. The third-order valence-electron chi connectivity index (χ3n) is 3.43. The normalized spacial score (nSPS) is 12.4. The fourth-order valence-corrected chi connectivity index (χ4v) is 2.21. The summed E-state index contributed by atoms with van der Waals surface area (Å²) in [6.07, 6.45) is 0. The minimum absolute atomic E-state index is 0.0194. The van der Waals surface area contributed by atoms with Gasteiger partial charge in [-0.2, -0.15) is 0 Å². The number of aromatic hydroxyl groups is 1. The molecule has 3 nitrogen and oxygen atoms in total. The van der Waals surface area contributed by atoms with E-state index in [1.54, 1.807) is 12.1 Å². The molecular weight excluding hydrogens is 240 g/mol. The fourth-order valence-electron chi connectivity index (χ4n) is 2.21. The Balaban J connectivity index is 2.45. The van der Waals surface area contributed by atoms with Crippen molar-refractivity contribution < 1.29 is 15.3 Å². The average molecular weight is 258 g/mol. The van der Waals surface area contributed by atoms with Gasteiger partial charge in [-0.1, -0.05) is 37.3 Å². The summed E-state index contributed by atoms with van der Waals surface area (Å²) >= 11 is 0. The summed E-state index contributed by atoms with van der Waals surface area (Å²) < 4.78 is 0. The number of benzene rings is 2. The largest absolute Gasteiger partial charge is 0.507 e. The highest BCUT2D eigenvalue weighted by Crippen LogP contribution is 2.31. The molecule has 1 unspecified atom stereocenters. The molecule has 0 aliphatic carbocycles. The number of rotatable bonds is 4. The van der Waals surface area contributed by atoms with E-state index in [4.69, 9.17) is 0 Å². The maximum absolute atomic E-state index is 9.85. The molecular formula is C16H18O3. The van der Waals surface area contributed by atoms with Crippen molar-refractivity contribution in [1.82, 2.24) is 0 Å². The van der Waals surface area contributed by atoms with Gasteiger partial charge in [0.25, 0.3) is 0 Å². The van der Waals surface area contributed by atoms with E-state index in [0.29, 0.717) is 11.1 Å². The van der Waals surface area contributed by atoms with Gasteiger partial charge in [0.15, 0.2) is 0 Å². The van der Waals surface area contributed by atoms with E-state index in [-0.39, 0.29) is 24.9 Å². The molecule has 2 aromatic carbocycles. The van der Waals surface area contributed by atoms with E-state index < -0.39 is 0 Å². The zero-order valence-corrected chi connectivity index (χ0v) is 10.9. The molecule has 0 radical (unpaired) electrons. The van der Waals surface area contributed by atoms with Crippen LogP contribution in [0.3, 0.4) is 0 Å². The molecule has 0 saturated carbocycles. The van der Waals surface area contributed by atoms with Gasteiger partial charge in [-0.3, -0.25) is 0 Å². The van der Waals surface area contributed by atoms with Gasteiger partial charge in [-0.05, 0) is 23.3 Å². The van der Waals surface area contributed by atoms with Crippen LogP contribution in [0.1, 0.15) is 35.1 Å². The van der Waals surface area contributed by atoms with Crippen molar-refractivity contribution in [3.8, 4) is 5.75 Å². The molecule has 1 atom stereocenters. The Morgan fingerprint density at radius 3 is 1.89 bits per heavy atom. The van der Waals surface area contributed by atoms with Crippen molar-refractivity contribution in [3.63, 3.8) is 0 Å². The Morgan fingerprint density at radius 1 is 0.895 bits per heavy atom.